The maximum absolute atomic E-state index is 6.22. The zero-order valence-electron chi connectivity index (χ0n) is 11.2. The molecular weight excluding hydrogens is 246 g/mol. The van der Waals surface area contributed by atoms with Crippen LogP contribution >= 0.6 is 11.6 Å². The lowest BCUT2D eigenvalue weighted by atomic mass is 9.77. The molecule has 2 rings (SSSR count). The number of benzene rings is 1. The first-order valence-corrected chi connectivity index (χ1v) is 7.21. The van der Waals surface area contributed by atoms with Gasteiger partial charge in [0.15, 0.2) is 0 Å². The van der Waals surface area contributed by atoms with Gasteiger partial charge in [-0.25, -0.2) is 0 Å². The van der Waals surface area contributed by atoms with Gasteiger partial charge in [0.2, 0.25) is 0 Å². The number of nitrogens with one attached hydrogen (secondary N) is 1. The van der Waals surface area contributed by atoms with Crippen molar-refractivity contribution in [1.82, 2.24) is 5.32 Å². The van der Waals surface area contributed by atoms with E-state index in [0.29, 0.717) is 11.1 Å². The first-order chi connectivity index (χ1) is 8.76. The Hall–Kier alpha value is -0.730. The summed E-state index contributed by atoms with van der Waals surface area (Å²) < 4.78 is 5.21. The fraction of sp³-hybridized carbons (Fsp3) is 0.600. The maximum atomic E-state index is 6.22. The van der Waals surface area contributed by atoms with Gasteiger partial charge in [-0.1, -0.05) is 31.0 Å². The largest absolute Gasteiger partial charge is 0.495 e. The minimum atomic E-state index is 0.446. The van der Waals surface area contributed by atoms with Gasteiger partial charge in [0.25, 0.3) is 0 Å². The van der Waals surface area contributed by atoms with E-state index in [9.17, 15) is 0 Å². The van der Waals surface area contributed by atoms with Crippen molar-refractivity contribution < 1.29 is 4.74 Å². The van der Waals surface area contributed by atoms with Gasteiger partial charge in [0, 0.05) is 6.04 Å². The van der Waals surface area contributed by atoms with Crippen LogP contribution in [0.15, 0.2) is 18.2 Å². The Labute approximate surface area is 115 Å². The van der Waals surface area contributed by atoms with Crippen molar-refractivity contribution in [1.29, 1.82) is 0 Å². The minimum absolute atomic E-state index is 0.446. The van der Waals surface area contributed by atoms with Crippen LogP contribution in [-0.2, 0) is 0 Å². The topological polar surface area (TPSA) is 21.3 Å². The highest BCUT2D eigenvalue weighted by Gasteiger charge is 2.28. The van der Waals surface area contributed by atoms with Crippen molar-refractivity contribution in [3.8, 4) is 5.75 Å². The van der Waals surface area contributed by atoms with Crippen molar-refractivity contribution in [3.05, 3.63) is 28.8 Å². The molecule has 1 aromatic rings. The smallest absolute Gasteiger partial charge is 0.137 e. The summed E-state index contributed by atoms with van der Waals surface area (Å²) in [7, 11) is 1.65. The lowest BCUT2D eigenvalue weighted by molar-refractivity contribution is 0.231. The van der Waals surface area contributed by atoms with E-state index in [1.807, 2.05) is 12.1 Å². The molecule has 100 valence electrons. The quantitative estimate of drug-likeness (QED) is 0.834. The van der Waals surface area contributed by atoms with Gasteiger partial charge in [-0.2, -0.15) is 0 Å². The number of hydrogen-bond donors (Lipinski definition) is 1. The SMILES string of the molecule is CCCNC(c1ccc(OC)c(Cl)c1)C1CCC1. The van der Waals surface area contributed by atoms with Crippen LogP contribution in [0.4, 0.5) is 0 Å². The Morgan fingerprint density at radius 2 is 2.22 bits per heavy atom. The second-order valence-corrected chi connectivity index (χ2v) is 5.42. The monoisotopic (exact) mass is 267 g/mol. The molecule has 0 radical (unpaired) electrons. The molecule has 1 fully saturated rings. The molecule has 0 aliphatic heterocycles. The average molecular weight is 268 g/mol. The first kappa shape index (κ1) is 13.7. The third-order valence-corrected chi connectivity index (χ3v) is 4.07. The standard InChI is InChI=1S/C15H22ClNO/c1-3-9-17-15(11-5-4-6-11)12-7-8-14(18-2)13(16)10-12/h7-8,10-11,15,17H,3-6,9H2,1-2H3. The zero-order valence-corrected chi connectivity index (χ0v) is 12.0. The molecule has 1 N–H and O–H groups in total. The molecule has 18 heavy (non-hydrogen) atoms. The van der Waals surface area contributed by atoms with Crippen molar-refractivity contribution in [2.24, 2.45) is 5.92 Å². The fourth-order valence-electron chi connectivity index (χ4n) is 2.51. The van der Waals surface area contributed by atoms with Gasteiger partial charge in [-0.15, -0.1) is 0 Å². The van der Waals surface area contributed by atoms with E-state index in [1.165, 1.54) is 24.8 Å². The molecule has 1 aliphatic rings. The Bertz CT molecular complexity index is 390. The lowest BCUT2D eigenvalue weighted by Gasteiger charge is -2.35. The molecule has 1 aliphatic carbocycles. The van der Waals surface area contributed by atoms with E-state index >= 15 is 0 Å². The summed E-state index contributed by atoms with van der Waals surface area (Å²) in [6.07, 6.45) is 5.17. The number of rotatable bonds is 6. The Kier molecular flexibility index (Phi) is 4.90. The van der Waals surface area contributed by atoms with Gasteiger partial charge in [-0.3, -0.25) is 0 Å². The molecule has 0 aromatic heterocycles. The van der Waals surface area contributed by atoms with Gasteiger partial charge in [0.05, 0.1) is 12.1 Å². The number of methoxy groups -OCH3 is 1. The van der Waals surface area contributed by atoms with Crippen LogP contribution < -0.4 is 10.1 Å². The van der Waals surface area contributed by atoms with Crippen LogP contribution in [0.3, 0.4) is 0 Å². The number of hydrogen-bond acceptors (Lipinski definition) is 2. The van der Waals surface area contributed by atoms with E-state index in [2.05, 4.69) is 18.3 Å². The Morgan fingerprint density at radius 3 is 2.72 bits per heavy atom. The molecule has 1 aromatic carbocycles. The molecule has 0 saturated heterocycles. The van der Waals surface area contributed by atoms with Crippen LogP contribution in [0.5, 0.6) is 5.75 Å². The van der Waals surface area contributed by atoms with Crippen molar-refractivity contribution >= 4 is 11.6 Å². The van der Waals surface area contributed by atoms with E-state index in [0.717, 1.165) is 24.6 Å². The zero-order chi connectivity index (χ0) is 13.0. The molecule has 1 unspecified atom stereocenters. The number of ether oxygens (including phenoxy) is 1. The van der Waals surface area contributed by atoms with E-state index in [4.69, 9.17) is 16.3 Å². The van der Waals surface area contributed by atoms with E-state index in [1.54, 1.807) is 7.11 Å². The second kappa shape index (κ2) is 6.44. The lowest BCUT2D eigenvalue weighted by Crippen LogP contribution is -2.32. The highest BCUT2D eigenvalue weighted by molar-refractivity contribution is 6.32. The van der Waals surface area contributed by atoms with Gasteiger partial charge in [-0.05, 0) is 49.4 Å². The van der Waals surface area contributed by atoms with Crippen LogP contribution in [0.2, 0.25) is 5.02 Å². The summed E-state index contributed by atoms with van der Waals surface area (Å²) in [4.78, 5) is 0. The first-order valence-electron chi connectivity index (χ1n) is 6.83. The molecule has 2 nitrogen and oxygen atoms in total. The van der Waals surface area contributed by atoms with Crippen LogP contribution in [-0.4, -0.2) is 13.7 Å². The minimum Gasteiger partial charge on any atom is -0.495 e. The van der Waals surface area contributed by atoms with E-state index in [-0.39, 0.29) is 0 Å². The molecule has 0 spiro atoms. The molecule has 0 amide bonds. The summed E-state index contributed by atoms with van der Waals surface area (Å²) in [6, 6.07) is 6.60. The number of halogens is 1. The maximum Gasteiger partial charge on any atom is 0.137 e. The fourth-order valence-corrected chi connectivity index (χ4v) is 2.77. The highest BCUT2D eigenvalue weighted by Crippen LogP contribution is 2.39. The van der Waals surface area contributed by atoms with E-state index < -0.39 is 0 Å². The Balaban J connectivity index is 2.15. The molecule has 1 saturated carbocycles. The third kappa shape index (κ3) is 2.99. The van der Waals surface area contributed by atoms with Gasteiger partial charge >= 0.3 is 0 Å². The summed E-state index contributed by atoms with van der Waals surface area (Å²) in [6.45, 7) is 3.26. The van der Waals surface area contributed by atoms with Crippen molar-refractivity contribution in [2.75, 3.05) is 13.7 Å². The average Bonchev–Trinajstić information content (AvgIpc) is 2.32. The molecule has 0 bridgehead atoms. The van der Waals surface area contributed by atoms with Crippen LogP contribution in [0, 0.1) is 5.92 Å². The predicted octanol–water partition coefficient (Wildman–Crippen LogP) is 4.19. The highest BCUT2D eigenvalue weighted by atomic mass is 35.5. The van der Waals surface area contributed by atoms with Gasteiger partial charge < -0.3 is 10.1 Å². The summed E-state index contributed by atoms with van der Waals surface area (Å²) >= 11 is 6.22. The summed E-state index contributed by atoms with van der Waals surface area (Å²) in [5, 5.41) is 4.36. The summed E-state index contributed by atoms with van der Waals surface area (Å²) in [5.41, 5.74) is 1.29. The molecule has 3 heteroatoms. The van der Waals surface area contributed by atoms with Crippen LogP contribution in [0.1, 0.15) is 44.2 Å². The van der Waals surface area contributed by atoms with Crippen LogP contribution in [0.25, 0.3) is 0 Å². The molecule has 0 heterocycles. The predicted molar refractivity (Wildman–Crippen MR) is 76.4 cm³/mol. The normalized spacial score (nSPS) is 17.3. The third-order valence-electron chi connectivity index (χ3n) is 3.77. The van der Waals surface area contributed by atoms with Crippen molar-refractivity contribution in [2.45, 2.75) is 38.6 Å². The molecular formula is C15H22ClNO. The van der Waals surface area contributed by atoms with Gasteiger partial charge in [0.1, 0.15) is 5.75 Å². The Morgan fingerprint density at radius 1 is 1.44 bits per heavy atom. The second-order valence-electron chi connectivity index (χ2n) is 5.02. The van der Waals surface area contributed by atoms with Crippen molar-refractivity contribution in [3.63, 3.8) is 0 Å². The molecule has 1 atom stereocenters. The summed E-state index contributed by atoms with van der Waals surface area (Å²) in [5.74, 6) is 1.52.